The van der Waals surface area contributed by atoms with Crippen LogP contribution in [0.3, 0.4) is 0 Å². The normalized spacial score (nSPS) is 18.0. The highest BCUT2D eigenvalue weighted by atomic mass is 16.5. The molecule has 1 aliphatic rings. The number of benzene rings is 1. The van der Waals surface area contributed by atoms with Gasteiger partial charge in [0, 0.05) is 0 Å². The molecule has 0 amide bonds. The van der Waals surface area contributed by atoms with Crippen LogP contribution in [0.2, 0.25) is 0 Å². The molecule has 0 aliphatic carbocycles. The summed E-state index contributed by atoms with van der Waals surface area (Å²) in [6, 6.07) is 5.30. The molecule has 4 heteroatoms. The largest absolute Gasteiger partial charge is 0.487 e. The van der Waals surface area contributed by atoms with E-state index in [0.29, 0.717) is 17.9 Å². The fourth-order valence-corrected chi connectivity index (χ4v) is 1.62. The van der Waals surface area contributed by atoms with Gasteiger partial charge in [0.25, 0.3) is 0 Å². The molecule has 0 fully saturated rings. The van der Waals surface area contributed by atoms with Gasteiger partial charge in [-0.05, 0) is 32.0 Å². The molecular weight excluding hydrogens is 206 g/mol. The van der Waals surface area contributed by atoms with Gasteiger partial charge in [0.2, 0.25) is 0 Å². The van der Waals surface area contributed by atoms with Crippen molar-refractivity contribution in [2.24, 2.45) is 0 Å². The van der Waals surface area contributed by atoms with E-state index in [1.807, 2.05) is 13.0 Å². The molecular formula is C12H15NO3. The van der Waals surface area contributed by atoms with E-state index in [1.165, 1.54) is 0 Å². The third-order valence-corrected chi connectivity index (χ3v) is 2.40. The first-order valence-corrected chi connectivity index (χ1v) is 5.42. The van der Waals surface area contributed by atoms with Gasteiger partial charge in [-0.2, -0.15) is 0 Å². The van der Waals surface area contributed by atoms with Crippen LogP contribution in [0, 0.1) is 0 Å². The Morgan fingerprint density at radius 1 is 1.62 bits per heavy atom. The number of hydrogen-bond donors (Lipinski definition) is 1. The van der Waals surface area contributed by atoms with E-state index >= 15 is 0 Å². The Hall–Kier alpha value is -1.71. The Kier molecular flexibility index (Phi) is 2.99. The Balaban J connectivity index is 2.24. The fourth-order valence-electron chi connectivity index (χ4n) is 1.62. The lowest BCUT2D eigenvalue weighted by molar-refractivity contribution is 0.0525. The summed E-state index contributed by atoms with van der Waals surface area (Å²) in [6.07, 6.45) is 0.116. The van der Waals surface area contributed by atoms with Crippen molar-refractivity contribution in [1.29, 1.82) is 0 Å². The van der Waals surface area contributed by atoms with Gasteiger partial charge in [-0.3, -0.25) is 0 Å². The maximum absolute atomic E-state index is 11.5. The molecule has 1 N–H and O–H groups in total. The summed E-state index contributed by atoms with van der Waals surface area (Å²) < 4.78 is 10.6. The van der Waals surface area contributed by atoms with Crippen molar-refractivity contribution in [3.63, 3.8) is 0 Å². The lowest BCUT2D eigenvalue weighted by atomic mass is 10.1. The Bertz CT molecular complexity index is 403. The second-order valence-electron chi connectivity index (χ2n) is 3.74. The highest BCUT2D eigenvalue weighted by Crippen LogP contribution is 2.30. The van der Waals surface area contributed by atoms with E-state index < -0.39 is 0 Å². The maximum Gasteiger partial charge on any atom is 0.338 e. The van der Waals surface area contributed by atoms with Crippen molar-refractivity contribution in [3.8, 4) is 5.75 Å². The van der Waals surface area contributed by atoms with E-state index in [0.717, 1.165) is 12.2 Å². The standard InChI is InChI=1S/C12H15NO3/c1-3-15-12(14)9-4-5-10-11(6-9)16-8(2)7-13-10/h4-6,8,13H,3,7H2,1-2H3. The smallest absolute Gasteiger partial charge is 0.338 e. The molecule has 1 atom stereocenters. The predicted molar refractivity (Wildman–Crippen MR) is 61.0 cm³/mol. The van der Waals surface area contributed by atoms with Crippen molar-refractivity contribution < 1.29 is 14.3 Å². The third kappa shape index (κ3) is 2.10. The number of ether oxygens (including phenoxy) is 2. The van der Waals surface area contributed by atoms with Crippen molar-refractivity contribution in [2.75, 3.05) is 18.5 Å². The quantitative estimate of drug-likeness (QED) is 0.776. The lowest BCUT2D eigenvalue weighted by Crippen LogP contribution is -2.27. The van der Waals surface area contributed by atoms with Crippen LogP contribution in [-0.2, 0) is 4.74 Å². The number of carbonyl (C=O) groups excluding carboxylic acids is 1. The van der Waals surface area contributed by atoms with Gasteiger partial charge in [-0.15, -0.1) is 0 Å². The first-order chi connectivity index (χ1) is 7.70. The number of carbonyl (C=O) groups is 1. The van der Waals surface area contributed by atoms with Crippen LogP contribution in [0.4, 0.5) is 5.69 Å². The van der Waals surface area contributed by atoms with Gasteiger partial charge in [0.15, 0.2) is 0 Å². The minimum Gasteiger partial charge on any atom is -0.487 e. The van der Waals surface area contributed by atoms with Gasteiger partial charge in [0.05, 0.1) is 24.4 Å². The number of nitrogens with one attached hydrogen (secondary N) is 1. The molecule has 0 saturated carbocycles. The van der Waals surface area contributed by atoms with Crippen molar-refractivity contribution >= 4 is 11.7 Å². The number of esters is 1. The van der Waals surface area contributed by atoms with E-state index in [9.17, 15) is 4.79 Å². The van der Waals surface area contributed by atoms with Crippen molar-refractivity contribution in [3.05, 3.63) is 23.8 Å². The summed E-state index contributed by atoms with van der Waals surface area (Å²) in [4.78, 5) is 11.5. The molecule has 4 nitrogen and oxygen atoms in total. The molecule has 1 unspecified atom stereocenters. The Morgan fingerprint density at radius 3 is 3.19 bits per heavy atom. The van der Waals surface area contributed by atoms with Crippen LogP contribution in [0.1, 0.15) is 24.2 Å². The van der Waals surface area contributed by atoms with E-state index in [4.69, 9.17) is 9.47 Å². The van der Waals surface area contributed by atoms with Crippen LogP contribution in [0.15, 0.2) is 18.2 Å². The topological polar surface area (TPSA) is 47.6 Å². The van der Waals surface area contributed by atoms with Crippen LogP contribution < -0.4 is 10.1 Å². The molecule has 0 bridgehead atoms. The average Bonchev–Trinajstić information content (AvgIpc) is 2.28. The van der Waals surface area contributed by atoms with Crippen molar-refractivity contribution in [1.82, 2.24) is 0 Å². The molecule has 1 heterocycles. The van der Waals surface area contributed by atoms with Crippen molar-refractivity contribution in [2.45, 2.75) is 20.0 Å². The Labute approximate surface area is 94.6 Å². The first-order valence-electron chi connectivity index (χ1n) is 5.42. The van der Waals surface area contributed by atoms with E-state index in [-0.39, 0.29) is 12.1 Å². The molecule has 1 aromatic carbocycles. The SMILES string of the molecule is CCOC(=O)c1ccc2c(c1)OC(C)CN2. The van der Waals surface area contributed by atoms with Gasteiger partial charge < -0.3 is 14.8 Å². The molecule has 2 rings (SSSR count). The molecule has 16 heavy (non-hydrogen) atoms. The number of hydrogen-bond acceptors (Lipinski definition) is 4. The summed E-state index contributed by atoms with van der Waals surface area (Å²) in [7, 11) is 0. The van der Waals surface area contributed by atoms with Crippen LogP contribution >= 0.6 is 0 Å². The second-order valence-corrected chi connectivity index (χ2v) is 3.74. The first kappa shape index (κ1) is 10.8. The third-order valence-electron chi connectivity index (χ3n) is 2.40. The van der Waals surface area contributed by atoms with E-state index in [2.05, 4.69) is 5.32 Å². The molecule has 0 saturated heterocycles. The summed E-state index contributed by atoms with van der Waals surface area (Å²) in [5.74, 6) is 0.399. The van der Waals surface area contributed by atoms with Crippen LogP contribution in [0.25, 0.3) is 0 Å². The average molecular weight is 221 g/mol. The second kappa shape index (κ2) is 4.43. The molecule has 0 spiro atoms. The van der Waals surface area contributed by atoms with Gasteiger partial charge in [-0.25, -0.2) is 4.79 Å². The minimum absolute atomic E-state index is 0.116. The van der Waals surface area contributed by atoms with Gasteiger partial charge in [-0.1, -0.05) is 0 Å². The predicted octanol–water partition coefficient (Wildman–Crippen LogP) is 2.06. The maximum atomic E-state index is 11.5. The highest BCUT2D eigenvalue weighted by molar-refractivity contribution is 5.90. The minimum atomic E-state index is -0.313. The van der Waals surface area contributed by atoms with E-state index in [1.54, 1.807) is 19.1 Å². The molecule has 86 valence electrons. The van der Waals surface area contributed by atoms with Gasteiger partial charge >= 0.3 is 5.97 Å². The van der Waals surface area contributed by atoms with Gasteiger partial charge in [0.1, 0.15) is 11.9 Å². The zero-order valence-electron chi connectivity index (χ0n) is 9.45. The monoisotopic (exact) mass is 221 g/mol. The Morgan fingerprint density at radius 2 is 2.44 bits per heavy atom. The zero-order chi connectivity index (χ0) is 11.5. The molecule has 1 aromatic rings. The summed E-state index contributed by atoms with van der Waals surface area (Å²) in [6.45, 7) is 4.93. The molecule has 0 aromatic heterocycles. The lowest BCUT2D eigenvalue weighted by Gasteiger charge is -2.24. The number of fused-ring (bicyclic) bond motifs is 1. The fraction of sp³-hybridized carbons (Fsp3) is 0.417. The molecule has 1 aliphatic heterocycles. The summed E-state index contributed by atoms with van der Waals surface area (Å²) in [5, 5.41) is 3.23. The number of anilines is 1. The molecule has 0 radical (unpaired) electrons. The van der Waals surface area contributed by atoms with Crippen LogP contribution in [0.5, 0.6) is 5.75 Å². The summed E-state index contributed by atoms with van der Waals surface area (Å²) >= 11 is 0. The zero-order valence-corrected chi connectivity index (χ0v) is 9.45. The van der Waals surface area contributed by atoms with Crippen LogP contribution in [-0.4, -0.2) is 25.2 Å². The summed E-state index contributed by atoms with van der Waals surface area (Å²) in [5.41, 5.74) is 1.45. The number of rotatable bonds is 2. The highest BCUT2D eigenvalue weighted by Gasteiger charge is 2.17.